The zero-order valence-corrected chi connectivity index (χ0v) is 16.2. The van der Waals surface area contributed by atoms with E-state index in [1.807, 2.05) is 67.1 Å². The molecule has 0 unspecified atom stereocenters. The highest BCUT2D eigenvalue weighted by atomic mass is 32.2. The van der Waals surface area contributed by atoms with Gasteiger partial charge in [0.25, 0.3) is 0 Å². The molecule has 0 bridgehead atoms. The quantitative estimate of drug-likeness (QED) is 0.241. The summed E-state index contributed by atoms with van der Waals surface area (Å²) in [4.78, 5) is 13.4. The van der Waals surface area contributed by atoms with Crippen LogP contribution in [0.1, 0.15) is 11.6 Å². The van der Waals surface area contributed by atoms with Crippen LogP contribution in [0.3, 0.4) is 0 Å². The summed E-state index contributed by atoms with van der Waals surface area (Å²) in [7, 11) is 1.84. The lowest BCUT2D eigenvalue weighted by atomic mass is 10.2. The molecule has 0 amide bonds. The number of nitriles is 1. The molecule has 0 aliphatic carbocycles. The van der Waals surface area contributed by atoms with Crippen molar-refractivity contribution >= 4 is 39.3 Å². The largest absolute Gasteiger partial charge is 0.510 e. The summed E-state index contributed by atoms with van der Waals surface area (Å²) >= 11 is 1.38. The number of imidazole rings is 1. The molecule has 7 heteroatoms. The minimum absolute atomic E-state index is 0.0220. The molecule has 0 aliphatic heterocycles. The second-order valence-electron chi connectivity index (χ2n) is 6.30. The van der Waals surface area contributed by atoms with Crippen molar-refractivity contribution < 1.29 is 5.11 Å². The van der Waals surface area contributed by atoms with E-state index in [0.29, 0.717) is 11.6 Å². The number of hydrogen-bond donors (Lipinski definition) is 1. The second kappa shape index (κ2) is 7.33. The topological polar surface area (TPSA) is 87.6 Å². The zero-order chi connectivity index (χ0) is 19.7. The van der Waals surface area contributed by atoms with Gasteiger partial charge in [0.2, 0.25) is 0 Å². The molecule has 0 atom stereocenters. The predicted octanol–water partition coefficient (Wildman–Crippen LogP) is 4.41. The Morgan fingerprint density at radius 2 is 1.79 bits per heavy atom. The summed E-state index contributed by atoms with van der Waals surface area (Å²) in [5.41, 5.74) is 2.71. The maximum atomic E-state index is 10.7. The van der Waals surface area contributed by atoms with E-state index in [1.54, 1.807) is 0 Å². The van der Waals surface area contributed by atoms with Crippen molar-refractivity contribution in [2.24, 2.45) is 7.05 Å². The van der Waals surface area contributed by atoms with Gasteiger partial charge in [0.15, 0.2) is 5.82 Å². The molecule has 0 saturated heterocycles. The number of allylic oxidation sites excluding steroid dienone is 1. The van der Waals surface area contributed by atoms with Crippen LogP contribution in [0.4, 0.5) is 0 Å². The second-order valence-corrected chi connectivity index (χ2v) is 7.26. The molecule has 6 nitrogen and oxygen atoms in total. The van der Waals surface area contributed by atoms with E-state index in [0.717, 1.165) is 27.0 Å². The molecule has 4 rings (SSSR count). The van der Waals surface area contributed by atoms with Crippen molar-refractivity contribution in [3.8, 4) is 6.07 Å². The predicted molar refractivity (Wildman–Crippen MR) is 111 cm³/mol. The van der Waals surface area contributed by atoms with Crippen LogP contribution >= 0.6 is 11.8 Å². The smallest absolute Gasteiger partial charge is 0.155 e. The van der Waals surface area contributed by atoms with E-state index >= 15 is 0 Å². The number of nitrogens with zero attached hydrogens (tertiary/aromatic N) is 5. The van der Waals surface area contributed by atoms with E-state index in [1.165, 1.54) is 11.8 Å². The summed E-state index contributed by atoms with van der Waals surface area (Å²) in [6.07, 6.45) is 0. The van der Waals surface area contributed by atoms with Crippen molar-refractivity contribution in [1.82, 2.24) is 19.5 Å². The number of benzene rings is 2. The van der Waals surface area contributed by atoms with Gasteiger partial charge in [-0.15, -0.1) is 0 Å². The maximum Gasteiger partial charge on any atom is 0.155 e. The third-order valence-electron chi connectivity index (χ3n) is 4.44. The molecule has 138 valence electrons. The molecule has 4 aromatic rings. The molecule has 0 fully saturated rings. The summed E-state index contributed by atoms with van der Waals surface area (Å²) < 4.78 is 1.82. The summed E-state index contributed by atoms with van der Waals surface area (Å²) in [5, 5.41) is 22.0. The Hall–Kier alpha value is -3.37. The Morgan fingerprint density at radius 3 is 2.54 bits per heavy atom. The Kier molecular flexibility index (Phi) is 4.72. The van der Waals surface area contributed by atoms with Crippen molar-refractivity contribution in [2.45, 2.75) is 11.9 Å². The number of aliphatic hydroxyl groups is 1. The fourth-order valence-electron chi connectivity index (χ4n) is 3.09. The van der Waals surface area contributed by atoms with Gasteiger partial charge in [-0.05, 0) is 25.1 Å². The van der Waals surface area contributed by atoms with Crippen LogP contribution in [-0.4, -0.2) is 30.4 Å². The van der Waals surface area contributed by atoms with E-state index in [2.05, 4.69) is 21.0 Å². The zero-order valence-electron chi connectivity index (χ0n) is 15.4. The fourth-order valence-corrected chi connectivity index (χ4v) is 4.03. The molecule has 0 spiro atoms. The minimum atomic E-state index is -0.0220. The van der Waals surface area contributed by atoms with Crippen molar-refractivity contribution in [3.05, 3.63) is 65.9 Å². The molecule has 0 saturated carbocycles. The molecule has 2 heterocycles. The van der Waals surface area contributed by atoms with Crippen molar-refractivity contribution in [3.63, 3.8) is 0 Å². The van der Waals surface area contributed by atoms with Gasteiger partial charge in [-0.2, -0.15) is 5.26 Å². The van der Waals surface area contributed by atoms with Crippen molar-refractivity contribution in [1.29, 1.82) is 5.26 Å². The van der Waals surface area contributed by atoms with Crippen LogP contribution in [0, 0.1) is 18.3 Å². The van der Waals surface area contributed by atoms with E-state index in [9.17, 15) is 10.4 Å². The summed E-state index contributed by atoms with van der Waals surface area (Å²) in [5.74, 6) is 1.31. The lowest BCUT2D eigenvalue weighted by Crippen LogP contribution is -2.01. The van der Waals surface area contributed by atoms with Gasteiger partial charge in [0, 0.05) is 12.4 Å². The molecule has 0 aliphatic rings. The van der Waals surface area contributed by atoms with Crippen LogP contribution in [0.25, 0.3) is 27.5 Å². The third-order valence-corrected chi connectivity index (χ3v) is 5.44. The van der Waals surface area contributed by atoms with Crippen LogP contribution in [0.15, 0.2) is 59.3 Å². The highest BCUT2D eigenvalue weighted by Crippen LogP contribution is 2.29. The van der Waals surface area contributed by atoms with Crippen LogP contribution in [0.5, 0.6) is 0 Å². The molecule has 1 N–H and O–H groups in total. The molecule has 0 radical (unpaired) electrons. The summed E-state index contributed by atoms with van der Waals surface area (Å²) in [6.45, 7) is 1.84. The first kappa shape index (κ1) is 18.0. The van der Waals surface area contributed by atoms with Gasteiger partial charge in [-0.1, -0.05) is 42.1 Å². The lowest BCUT2D eigenvalue weighted by molar-refractivity contribution is 0.420. The van der Waals surface area contributed by atoms with Gasteiger partial charge in [0.05, 0.1) is 22.3 Å². The Bertz CT molecular complexity index is 1270. The number of thioether (sulfide) groups is 1. The first-order chi connectivity index (χ1) is 13.6. The van der Waals surface area contributed by atoms with Gasteiger partial charge < -0.3 is 9.67 Å². The van der Waals surface area contributed by atoms with E-state index in [-0.39, 0.29) is 17.1 Å². The van der Waals surface area contributed by atoms with Gasteiger partial charge in [-0.3, -0.25) is 0 Å². The van der Waals surface area contributed by atoms with Crippen molar-refractivity contribution in [2.75, 3.05) is 5.75 Å². The lowest BCUT2D eigenvalue weighted by Gasteiger charge is -2.08. The molecular formula is C21H17N5OS. The molecule has 2 aromatic carbocycles. The van der Waals surface area contributed by atoms with Gasteiger partial charge in [0.1, 0.15) is 28.3 Å². The van der Waals surface area contributed by atoms with Crippen LogP contribution in [-0.2, 0) is 7.05 Å². The minimum Gasteiger partial charge on any atom is -0.510 e. The first-order valence-corrected chi connectivity index (χ1v) is 9.67. The standard InChI is InChI=1S/C21H17N5OS/c1-13-23-16-8-4-3-7-14(16)21(24-13)28-12-19(27)15(11-22)20-25-17-9-5-6-10-18(17)26(20)2/h3-10,27H,12H2,1-2H3/b19-15-. The maximum absolute atomic E-state index is 10.7. The number of para-hydroxylation sites is 3. The molecule has 28 heavy (non-hydrogen) atoms. The number of hydrogen-bond acceptors (Lipinski definition) is 6. The summed E-state index contributed by atoms with van der Waals surface area (Å²) in [6, 6.07) is 17.5. The first-order valence-electron chi connectivity index (χ1n) is 8.68. The third kappa shape index (κ3) is 3.19. The van der Waals surface area contributed by atoms with E-state index in [4.69, 9.17) is 0 Å². The highest BCUT2D eigenvalue weighted by Gasteiger charge is 2.17. The van der Waals surface area contributed by atoms with Crippen LogP contribution < -0.4 is 0 Å². The average Bonchev–Trinajstić information content (AvgIpc) is 3.03. The number of fused-ring (bicyclic) bond motifs is 2. The monoisotopic (exact) mass is 387 g/mol. The van der Waals surface area contributed by atoms with Gasteiger partial charge >= 0.3 is 0 Å². The SMILES string of the molecule is Cc1nc(SC/C(O)=C(\C#N)c2nc3ccccc3n2C)c2ccccc2n1. The molecule has 2 aromatic heterocycles. The molecular weight excluding hydrogens is 370 g/mol. The van der Waals surface area contributed by atoms with Gasteiger partial charge in [-0.25, -0.2) is 15.0 Å². The number of aromatic nitrogens is 4. The Balaban J connectivity index is 1.70. The fraction of sp³-hybridized carbons (Fsp3) is 0.143. The number of aliphatic hydroxyl groups excluding tert-OH is 1. The number of rotatable bonds is 4. The Morgan fingerprint density at radius 1 is 1.07 bits per heavy atom. The normalized spacial score (nSPS) is 12.2. The average molecular weight is 387 g/mol. The van der Waals surface area contributed by atoms with Crippen LogP contribution in [0.2, 0.25) is 0 Å². The van der Waals surface area contributed by atoms with E-state index < -0.39 is 0 Å². The Labute approximate surface area is 166 Å². The number of aryl methyl sites for hydroxylation is 2. The highest BCUT2D eigenvalue weighted by molar-refractivity contribution is 7.99.